The molecular formula is C12H18N2O3S. The van der Waals surface area contributed by atoms with Crippen molar-refractivity contribution in [3.63, 3.8) is 0 Å². The molecule has 18 heavy (non-hydrogen) atoms. The zero-order valence-corrected chi connectivity index (χ0v) is 11.2. The minimum atomic E-state index is -3.71. The average molecular weight is 270 g/mol. The van der Waals surface area contributed by atoms with Gasteiger partial charge in [-0.1, -0.05) is 25.1 Å². The quantitative estimate of drug-likeness (QED) is 0.801. The SMILES string of the molecule is CCCC(=O)NCCc1ccccc1S(N)(=O)=O. The highest BCUT2D eigenvalue weighted by Crippen LogP contribution is 2.13. The van der Waals surface area contributed by atoms with Gasteiger partial charge in [-0.25, -0.2) is 13.6 Å². The van der Waals surface area contributed by atoms with E-state index in [1.165, 1.54) is 6.07 Å². The lowest BCUT2D eigenvalue weighted by atomic mass is 10.1. The summed E-state index contributed by atoms with van der Waals surface area (Å²) in [4.78, 5) is 11.4. The van der Waals surface area contributed by atoms with Crippen LogP contribution in [-0.2, 0) is 21.2 Å². The van der Waals surface area contributed by atoms with Gasteiger partial charge in [-0.2, -0.15) is 0 Å². The van der Waals surface area contributed by atoms with Crippen LogP contribution in [0, 0.1) is 0 Å². The molecule has 0 fully saturated rings. The lowest BCUT2D eigenvalue weighted by Crippen LogP contribution is -2.26. The number of carbonyl (C=O) groups excluding carboxylic acids is 1. The number of amides is 1. The summed E-state index contributed by atoms with van der Waals surface area (Å²) in [5.74, 6) is -0.0226. The molecule has 1 rings (SSSR count). The number of primary sulfonamides is 1. The maximum atomic E-state index is 11.3. The Morgan fingerprint density at radius 3 is 2.61 bits per heavy atom. The number of nitrogens with one attached hydrogen (secondary N) is 1. The zero-order valence-electron chi connectivity index (χ0n) is 10.3. The van der Waals surface area contributed by atoms with Crippen LogP contribution in [0.1, 0.15) is 25.3 Å². The van der Waals surface area contributed by atoms with Crippen molar-refractivity contribution in [1.29, 1.82) is 0 Å². The van der Waals surface area contributed by atoms with Crippen LogP contribution < -0.4 is 10.5 Å². The highest BCUT2D eigenvalue weighted by atomic mass is 32.2. The van der Waals surface area contributed by atoms with Gasteiger partial charge >= 0.3 is 0 Å². The Balaban J connectivity index is 2.66. The fourth-order valence-corrected chi connectivity index (χ4v) is 2.44. The van der Waals surface area contributed by atoms with E-state index in [4.69, 9.17) is 5.14 Å². The van der Waals surface area contributed by atoms with E-state index in [1.54, 1.807) is 18.2 Å². The van der Waals surface area contributed by atoms with Crippen LogP contribution in [0.5, 0.6) is 0 Å². The van der Waals surface area contributed by atoms with Crippen molar-refractivity contribution in [2.75, 3.05) is 6.54 Å². The molecule has 0 aromatic heterocycles. The Labute approximate surface area is 107 Å². The molecule has 1 amide bonds. The molecule has 1 aromatic rings. The minimum Gasteiger partial charge on any atom is -0.356 e. The third-order valence-corrected chi connectivity index (χ3v) is 3.48. The zero-order chi connectivity index (χ0) is 13.6. The molecule has 0 atom stereocenters. The predicted octanol–water partition coefficient (Wildman–Crippen LogP) is 0.793. The van der Waals surface area contributed by atoms with Gasteiger partial charge in [-0.3, -0.25) is 4.79 Å². The fourth-order valence-electron chi connectivity index (χ4n) is 1.64. The number of sulfonamides is 1. The molecule has 5 nitrogen and oxygen atoms in total. The number of rotatable bonds is 6. The van der Waals surface area contributed by atoms with Gasteiger partial charge in [-0.15, -0.1) is 0 Å². The molecule has 0 unspecified atom stereocenters. The van der Waals surface area contributed by atoms with Crippen molar-refractivity contribution in [2.45, 2.75) is 31.1 Å². The first kappa shape index (κ1) is 14.7. The van der Waals surface area contributed by atoms with Crippen molar-refractivity contribution < 1.29 is 13.2 Å². The summed E-state index contributed by atoms with van der Waals surface area (Å²) in [7, 11) is -3.71. The molecule has 6 heteroatoms. The topological polar surface area (TPSA) is 89.3 Å². The third kappa shape index (κ3) is 4.46. The average Bonchev–Trinajstić information content (AvgIpc) is 2.28. The van der Waals surface area contributed by atoms with Crippen LogP contribution in [0.25, 0.3) is 0 Å². The van der Waals surface area contributed by atoms with Crippen molar-refractivity contribution in [3.05, 3.63) is 29.8 Å². The van der Waals surface area contributed by atoms with Crippen LogP contribution in [-0.4, -0.2) is 20.9 Å². The van der Waals surface area contributed by atoms with E-state index in [-0.39, 0.29) is 10.8 Å². The van der Waals surface area contributed by atoms with E-state index in [0.29, 0.717) is 24.9 Å². The smallest absolute Gasteiger partial charge is 0.238 e. The van der Waals surface area contributed by atoms with Crippen LogP contribution in [0.3, 0.4) is 0 Å². The second-order valence-electron chi connectivity index (χ2n) is 4.00. The first-order valence-electron chi connectivity index (χ1n) is 5.82. The van der Waals surface area contributed by atoms with Gasteiger partial charge < -0.3 is 5.32 Å². The standard InChI is InChI=1S/C12H18N2O3S/c1-2-5-12(15)14-9-8-10-6-3-4-7-11(10)18(13,16)17/h3-4,6-7H,2,5,8-9H2,1H3,(H,14,15)(H2,13,16,17). The summed E-state index contributed by atoms with van der Waals surface area (Å²) in [5.41, 5.74) is 0.622. The molecule has 0 aliphatic heterocycles. The van der Waals surface area contributed by atoms with Gasteiger partial charge in [0.05, 0.1) is 4.90 Å². The molecule has 3 N–H and O–H groups in total. The van der Waals surface area contributed by atoms with E-state index in [0.717, 1.165) is 6.42 Å². The maximum Gasteiger partial charge on any atom is 0.238 e. The predicted molar refractivity (Wildman–Crippen MR) is 69.4 cm³/mol. The van der Waals surface area contributed by atoms with E-state index >= 15 is 0 Å². The first-order valence-corrected chi connectivity index (χ1v) is 7.37. The molecular weight excluding hydrogens is 252 g/mol. The van der Waals surface area contributed by atoms with E-state index in [9.17, 15) is 13.2 Å². The van der Waals surface area contributed by atoms with Gasteiger partial charge in [0.1, 0.15) is 0 Å². The Morgan fingerprint density at radius 2 is 2.00 bits per heavy atom. The largest absolute Gasteiger partial charge is 0.356 e. The van der Waals surface area contributed by atoms with Crippen LogP contribution in [0.15, 0.2) is 29.2 Å². The van der Waals surface area contributed by atoms with Crippen LogP contribution in [0.2, 0.25) is 0 Å². The van der Waals surface area contributed by atoms with Crippen molar-refractivity contribution in [1.82, 2.24) is 5.32 Å². The summed E-state index contributed by atoms with van der Waals surface area (Å²) in [5, 5.41) is 7.86. The number of hydrogen-bond donors (Lipinski definition) is 2. The van der Waals surface area contributed by atoms with Gasteiger partial charge in [0.25, 0.3) is 0 Å². The van der Waals surface area contributed by atoms with Gasteiger partial charge in [-0.05, 0) is 24.5 Å². The molecule has 0 aliphatic carbocycles. The fraction of sp³-hybridized carbons (Fsp3) is 0.417. The molecule has 100 valence electrons. The molecule has 0 heterocycles. The van der Waals surface area contributed by atoms with Crippen LogP contribution >= 0.6 is 0 Å². The molecule has 0 aliphatic rings. The summed E-state index contributed by atoms with van der Waals surface area (Å²) < 4.78 is 22.7. The second kappa shape index (κ2) is 6.51. The van der Waals surface area contributed by atoms with Crippen molar-refractivity contribution >= 4 is 15.9 Å². The highest BCUT2D eigenvalue weighted by molar-refractivity contribution is 7.89. The third-order valence-electron chi connectivity index (χ3n) is 2.47. The second-order valence-corrected chi connectivity index (χ2v) is 5.53. The van der Waals surface area contributed by atoms with Crippen molar-refractivity contribution in [3.8, 4) is 0 Å². The molecule has 0 saturated carbocycles. The lowest BCUT2D eigenvalue weighted by molar-refractivity contribution is -0.121. The Kier molecular flexibility index (Phi) is 5.30. The van der Waals surface area contributed by atoms with E-state index in [2.05, 4.69) is 5.32 Å². The summed E-state index contributed by atoms with van der Waals surface area (Å²) in [6.45, 7) is 2.33. The summed E-state index contributed by atoms with van der Waals surface area (Å²) >= 11 is 0. The maximum absolute atomic E-state index is 11.3. The number of carbonyl (C=O) groups is 1. The van der Waals surface area contributed by atoms with Gasteiger partial charge in [0.2, 0.25) is 15.9 Å². The Hall–Kier alpha value is -1.40. The Bertz CT molecular complexity index is 512. The minimum absolute atomic E-state index is 0.0226. The highest BCUT2D eigenvalue weighted by Gasteiger charge is 2.12. The normalized spacial score (nSPS) is 11.2. The van der Waals surface area contributed by atoms with E-state index in [1.807, 2.05) is 6.92 Å². The number of benzene rings is 1. The number of nitrogens with two attached hydrogens (primary N) is 1. The van der Waals surface area contributed by atoms with Crippen LogP contribution in [0.4, 0.5) is 0 Å². The molecule has 1 aromatic carbocycles. The number of hydrogen-bond acceptors (Lipinski definition) is 3. The molecule has 0 spiro atoms. The van der Waals surface area contributed by atoms with Crippen molar-refractivity contribution in [2.24, 2.45) is 5.14 Å². The molecule has 0 bridgehead atoms. The van der Waals surface area contributed by atoms with Gasteiger partial charge in [0, 0.05) is 13.0 Å². The first-order chi connectivity index (χ1) is 8.45. The van der Waals surface area contributed by atoms with E-state index < -0.39 is 10.0 Å². The Morgan fingerprint density at radius 1 is 1.33 bits per heavy atom. The van der Waals surface area contributed by atoms with Gasteiger partial charge in [0.15, 0.2) is 0 Å². The monoisotopic (exact) mass is 270 g/mol. The summed E-state index contributed by atoms with van der Waals surface area (Å²) in [6, 6.07) is 6.54. The summed E-state index contributed by atoms with van der Waals surface area (Å²) in [6.07, 6.45) is 1.72. The lowest BCUT2D eigenvalue weighted by Gasteiger charge is -2.08. The molecule has 0 radical (unpaired) electrons. The molecule has 0 saturated heterocycles.